The van der Waals surface area contributed by atoms with Crippen LogP contribution in [0.4, 0.5) is 5.69 Å². The van der Waals surface area contributed by atoms with Crippen molar-refractivity contribution >= 4 is 23.0 Å². The van der Waals surface area contributed by atoms with Gasteiger partial charge in [-0.15, -0.1) is 0 Å². The summed E-state index contributed by atoms with van der Waals surface area (Å²) in [5.41, 5.74) is 0.775. The van der Waals surface area contributed by atoms with Crippen LogP contribution >= 0.6 is 12.2 Å². The molecule has 21 heavy (non-hydrogen) atoms. The van der Waals surface area contributed by atoms with Crippen molar-refractivity contribution in [2.24, 2.45) is 0 Å². The van der Waals surface area contributed by atoms with Crippen LogP contribution in [0, 0.1) is 0 Å². The van der Waals surface area contributed by atoms with Crippen molar-refractivity contribution in [3.05, 3.63) is 18.2 Å². The van der Waals surface area contributed by atoms with Gasteiger partial charge in [-0.05, 0) is 37.2 Å². The zero-order valence-corrected chi connectivity index (χ0v) is 13.7. The molecule has 118 valence electrons. The summed E-state index contributed by atoms with van der Waals surface area (Å²) in [6.45, 7) is 4.41. The molecule has 5 nitrogen and oxygen atoms in total. The van der Waals surface area contributed by atoms with Crippen LogP contribution in [0.5, 0.6) is 11.5 Å². The lowest BCUT2D eigenvalue weighted by atomic mass is 10.2. The smallest absolute Gasteiger partial charge is 0.170 e. The third-order valence-corrected chi connectivity index (χ3v) is 3.00. The fraction of sp³-hybridized carbons (Fsp3) is 0.533. The number of ether oxygens (including phenoxy) is 3. The lowest BCUT2D eigenvalue weighted by Crippen LogP contribution is -2.30. The number of methoxy groups -OCH3 is 2. The Morgan fingerprint density at radius 2 is 2.00 bits per heavy atom. The van der Waals surface area contributed by atoms with E-state index >= 15 is 0 Å². The maximum Gasteiger partial charge on any atom is 0.170 e. The van der Waals surface area contributed by atoms with Crippen LogP contribution in [-0.4, -0.2) is 39.1 Å². The first kappa shape index (κ1) is 17.5. The van der Waals surface area contributed by atoms with Crippen LogP contribution in [0.2, 0.25) is 0 Å². The van der Waals surface area contributed by atoms with Crippen molar-refractivity contribution in [3.8, 4) is 11.5 Å². The standard InChI is InChI=1S/C15H24N2O3S/c1-4-9-20-10-5-8-16-15(21)17-13-11-12(18-2)6-7-14(13)19-3/h6-7,11H,4-5,8-10H2,1-3H3,(H2,16,17,21). The molecule has 0 aliphatic heterocycles. The molecule has 6 heteroatoms. The molecule has 0 saturated heterocycles. The summed E-state index contributed by atoms with van der Waals surface area (Å²) in [7, 11) is 3.24. The summed E-state index contributed by atoms with van der Waals surface area (Å²) in [6.07, 6.45) is 1.96. The number of hydrogen-bond donors (Lipinski definition) is 2. The number of rotatable bonds is 9. The zero-order chi connectivity index (χ0) is 15.5. The minimum Gasteiger partial charge on any atom is -0.497 e. The molecule has 0 saturated carbocycles. The fourth-order valence-corrected chi connectivity index (χ4v) is 1.91. The first-order chi connectivity index (χ1) is 10.2. The second kappa shape index (κ2) is 10.2. The van der Waals surface area contributed by atoms with E-state index in [1.165, 1.54) is 0 Å². The van der Waals surface area contributed by atoms with Gasteiger partial charge in [-0.3, -0.25) is 0 Å². The molecule has 0 aromatic heterocycles. The molecule has 2 N–H and O–H groups in total. The highest BCUT2D eigenvalue weighted by atomic mass is 32.1. The molecule has 0 radical (unpaired) electrons. The van der Waals surface area contributed by atoms with Crippen molar-refractivity contribution < 1.29 is 14.2 Å². The highest BCUT2D eigenvalue weighted by Crippen LogP contribution is 2.28. The summed E-state index contributed by atoms with van der Waals surface area (Å²) in [5.74, 6) is 1.46. The summed E-state index contributed by atoms with van der Waals surface area (Å²) >= 11 is 5.26. The van der Waals surface area contributed by atoms with Crippen LogP contribution in [0.3, 0.4) is 0 Å². The predicted octanol–water partition coefficient (Wildman–Crippen LogP) is 2.81. The van der Waals surface area contributed by atoms with E-state index in [1.807, 2.05) is 18.2 Å². The fourth-order valence-electron chi connectivity index (χ4n) is 1.70. The van der Waals surface area contributed by atoms with E-state index in [2.05, 4.69) is 17.6 Å². The molecule has 1 aromatic carbocycles. The van der Waals surface area contributed by atoms with Crippen LogP contribution in [0.25, 0.3) is 0 Å². The average molecular weight is 312 g/mol. The molecule has 1 aromatic rings. The molecule has 0 fully saturated rings. The Morgan fingerprint density at radius 1 is 1.19 bits per heavy atom. The maximum absolute atomic E-state index is 5.41. The Labute approximate surface area is 132 Å². The van der Waals surface area contributed by atoms with Crippen LogP contribution in [-0.2, 0) is 4.74 Å². The van der Waals surface area contributed by atoms with E-state index in [1.54, 1.807) is 14.2 Å². The number of hydrogen-bond acceptors (Lipinski definition) is 4. The number of nitrogens with one attached hydrogen (secondary N) is 2. The van der Waals surface area contributed by atoms with Crippen molar-refractivity contribution in [1.29, 1.82) is 0 Å². The Hall–Kier alpha value is -1.53. The minimum absolute atomic E-state index is 0.553. The van der Waals surface area contributed by atoms with Crippen molar-refractivity contribution in [2.45, 2.75) is 19.8 Å². The van der Waals surface area contributed by atoms with Gasteiger partial charge in [-0.2, -0.15) is 0 Å². The highest BCUT2D eigenvalue weighted by molar-refractivity contribution is 7.80. The quantitative estimate of drug-likeness (QED) is 0.540. The van der Waals surface area contributed by atoms with Gasteiger partial charge in [0.1, 0.15) is 11.5 Å². The monoisotopic (exact) mass is 312 g/mol. The minimum atomic E-state index is 0.553. The van der Waals surface area contributed by atoms with Gasteiger partial charge in [0.25, 0.3) is 0 Å². The van der Waals surface area contributed by atoms with E-state index in [4.69, 9.17) is 26.4 Å². The predicted molar refractivity (Wildman–Crippen MR) is 89.5 cm³/mol. The van der Waals surface area contributed by atoms with Gasteiger partial charge in [-0.25, -0.2) is 0 Å². The molecule has 1 rings (SSSR count). The Morgan fingerprint density at radius 3 is 2.67 bits per heavy atom. The Balaban J connectivity index is 2.39. The summed E-state index contributed by atoms with van der Waals surface area (Å²) < 4.78 is 15.9. The van der Waals surface area contributed by atoms with Crippen LogP contribution in [0.1, 0.15) is 19.8 Å². The van der Waals surface area contributed by atoms with Crippen LogP contribution in [0.15, 0.2) is 18.2 Å². The molecular formula is C15H24N2O3S. The molecule has 0 amide bonds. The van der Waals surface area contributed by atoms with E-state index in [0.717, 1.165) is 44.0 Å². The highest BCUT2D eigenvalue weighted by Gasteiger charge is 2.06. The van der Waals surface area contributed by atoms with E-state index in [-0.39, 0.29) is 0 Å². The lowest BCUT2D eigenvalue weighted by molar-refractivity contribution is 0.133. The van der Waals surface area contributed by atoms with E-state index in [0.29, 0.717) is 10.9 Å². The zero-order valence-electron chi connectivity index (χ0n) is 12.9. The second-order valence-corrected chi connectivity index (χ2v) is 4.82. The Bertz CT molecular complexity index is 441. The Kier molecular flexibility index (Phi) is 8.54. The normalized spacial score (nSPS) is 10.0. The van der Waals surface area contributed by atoms with Gasteiger partial charge >= 0.3 is 0 Å². The van der Waals surface area contributed by atoms with Gasteiger partial charge in [0.05, 0.1) is 19.9 Å². The number of benzene rings is 1. The second-order valence-electron chi connectivity index (χ2n) is 4.41. The van der Waals surface area contributed by atoms with E-state index < -0.39 is 0 Å². The molecule has 0 aliphatic rings. The van der Waals surface area contributed by atoms with Gasteiger partial charge < -0.3 is 24.8 Å². The SMILES string of the molecule is CCCOCCCNC(=S)Nc1cc(OC)ccc1OC. The van der Waals surface area contributed by atoms with Gasteiger partial charge in [-0.1, -0.05) is 6.92 Å². The summed E-state index contributed by atoms with van der Waals surface area (Å²) in [5, 5.41) is 6.81. The number of thiocarbonyl (C=S) groups is 1. The first-order valence-electron chi connectivity index (χ1n) is 7.05. The third kappa shape index (κ3) is 6.64. The van der Waals surface area contributed by atoms with Gasteiger partial charge in [0, 0.05) is 25.8 Å². The molecular weight excluding hydrogens is 288 g/mol. The lowest BCUT2D eigenvalue weighted by Gasteiger charge is -2.14. The van der Waals surface area contributed by atoms with Crippen molar-refractivity contribution in [3.63, 3.8) is 0 Å². The molecule has 0 aliphatic carbocycles. The molecule has 0 atom stereocenters. The van der Waals surface area contributed by atoms with E-state index in [9.17, 15) is 0 Å². The summed E-state index contributed by atoms with van der Waals surface area (Å²) in [6, 6.07) is 5.52. The number of anilines is 1. The molecule has 0 spiro atoms. The molecule has 0 bridgehead atoms. The summed E-state index contributed by atoms with van der Waals surface area (Å²) in [4.78, 5) is 0. The molecule has 0 unspecified atom stereocenters. The van der Waals surface area contributed by atoms with Crippen LogP contribution < -0.4 is 20.1 Å². The van der Waals surface area contributed by atoms with Gasteiger partial charge in [0.15, 0.2) is 5.11 Å². The van der Waals surface area contributed by atoms with Crippen molar-refractivity contribution in [1.82, 2.24) is 5.32 Å². The van der Waals surface area contributed by atoms with Gasteiger partial charge in [0.2, 0.25) is 0 Å². The maximum atomic E-state index is 5.41. The largest absolute Gasteiger partial charge is 0.497 e. The van der Waals surface area contributed by atoms with Crippen molar-refractivity contribution in [2.75, 3.05) is 39.3 Å². The first-order valence-corrected chi connectivity index (χ1v) is 7.46. The third-order valence-electron chi connectivity index (χ3n) is 2.75. The molecule has 0 heterocycles. The topological polar surface area (TPSA) is 51.8 Å². The average Bonchev–Trinajstić information content (AvgIpc) is 2.50.